The number of amides is 1. The van der Waals surface area contributed by atoms with Crippen LogP contribution in [0.4, 0.5) is 5.69 Å². The van der Waals surface area contributed by atoms with Crippen molar-refractivity contribution >= 4 is 11.6 Å². The minimum Gasteiger partial charge on any atom is -0.389 e. The lowest BCUT2D eigenvalue weighted by Gasteiger charge is -2.12. The van der Waals surface area contributed by atoms with Gasteiger partial charge in [-0.1, -0.05) is 48.5 Å². The van der Waals surface area contributed by atoms with E-state index in [1.807, 2.05) is 42.5 Å². The molecule has 122 valence electrons. The largest absolute Gasteiger partial charge is 0.389 e. The smallest absolute Gasteiger partial charge is 0.258 e. The van der Waals surface area contributed by atoms with Gasteiger partial charge >= 0.3 is 0 Å². The summed E-state index contributed by atoms with van der Waals surface area (Å²) in [6.07, 6.45) is 2.61. The van der Waals surface area contributed by atoms with Gasteiger partial charge in [-0.3, -0.25) is 9.48 Å². The summed E-state index contributed by atoms with van der Waals surface area (Å²) in [7, 11) is 0. The number of para-hydroxylation sites is 1. The van der Waals surface area contributed by atoms with Crippen LogP contribution in [0.1, 0.15) is 34.5 Å². The van der Waals surface area contributed by atoms with E-state index in [2.05, 4.69) is 10.4 Å². The number of carbonyl (C=O) groups is 1. The van der Waals surface area contributed by atoms with E-state index in [0.717, 1.165) is 5.56 Å². The SMILES string of the molecule is C[C@H](O)c1ccccc1NC(=O)c1cnn(Cc2ccccc2)c1. The Morgan fingerprint density at radius 3 is 2.62 bits per heavy atom. The molecule has 5 heteroatoms. The molecule has 0 aliphatic carbocycles. The summed E-state index contributed by atoms with van der Waals surface area (Å²) in [5, 5.41) is 16.9. The van der Waals surface area contributed by atoms with Gasteiger partial charge in [0.1, 0.15) is 0 Å². The van der Waals surface area contributed by atoms with Gasteiger partial charge in [-0.2, -0.15) is 5.10 Å². The molecule has 0 unspecified atom stereocenters. The number of benzene rings is 2. The molecule has 24 heavy (non-hydrogen) atoms. The number of nitrogens with zero attached hydrogens (tertiary/aromatic N) is 2. The van der Waals surface area contributed by atoms with Crippen molar-refractivity contribution in [3.8, 4) is 0 Å². The van der Waals surface area contributed by atoms with E-state index in [1.165, 1.54) is 0 Å². The topological polar surface area (TPSA) is 67.2 Å². The maximum Gasteiger partial charge on any atom is 0.258 e. The molecular formula is C19H19N3O2. The fourth-order valence-electron chi connectivity index (χ4n) is 2.51. The number of carbonyl (C=O) groups excluding carboxylic acids is 1. The maximum absolute atomic E-state index is 12.4. The van der Waals surface area contributed by atoms with Crippen molar-refractivity contribution < 1.29 is 9.90 Å². The molecule has 1 atom stereocenters. The van der Waals surface area contributed by atoms with Gasteiger partial charge in [-0.15, -0.1) is 0 Å². The van der Waals surface area contributed by atoms with Gasteiger partial charge in [0, 0.05) is 17.4 Å². The van der Waals surface area contributed by atoms with Crippen LogP contribution in [-0.2, 0) is 6.54 Å². The summed E-state index contributed by atoms with van der Waals surface area (Å²) < 4.78 is 1.73. The molecule has 0 bridgehead atoms. The third-order valence-corrected chi connectivity index (χ3v) is 3.74. The molecule has 1 heterocycles. The van der Waals surface area contributed by atoms with E-state index in [1.54, 1.807) is 36.1 Å². The Balaban J connectivity index is 1.73. The number of rotatable bonds is 5. The first kappa shape index (κ1) is 16.0. The summed E-state index contributed by atoms with van der Waals surface area (Å²) in [5.41, 5.74) is 2.88. The normalized spacial score (nSPS) is 11.9. The summed E-state index contributed by atoms with van der Waals surface area (Å²) in [4.78, 5) is 12.4. The van der Waals surface area contributed by atoms with Crippen LogP contribution in [0.5, 0.6) is 0 Å². The van der Waals surface area contributed by atoms with Gasteiger partial charge < -0.3 is 10.4 Å². The minimum absolute atomic E-state index is 0.248. The van der Waals surface area contributed by atoms with Gasteiger partial charge in [-0.25, -0.2) is 0 Å². The number of anilines is 1. The summed E-state index contributed by atoms with van der Waals surface area (Å²) in [5.74, 6) is -0.248. The molecule has 0 fully saturated rings. The lowest BCUT2D eigenvalue weighted by molar-refractivity contribution is 0.102. The molecule has 0 spiro atoms. The number of aliphatic hydroxyl groups excluding tert-OH is 1. The average Bonchev–Trinajstić information content (AvgIpc) is 3.05. The molecule has 0 saturated heterocycles. The van der Waals surface area contributed by atoms with Crippen molar-refractivity contribution in [3.05, 3.63) is 83.7 Å². The van der Waals surface area contributed by atoms with E-state index in [4.69, 9.17) is 0 Å². The quantitative estimate of drug-likeness (QED) is 0.758. The first-order valence-corrected chi connectivity index (χ1v) is 7.78. The Hall–Kier alpha value is -2.92. The third kappa shape index (κ3) is 3.70. The minimum atomic E-state index is -0.651. The number of nitrogens with one attached hydrogen (secondary N) is 1. The Labute approximate surface area is 140 Å². The Morgan fingerprint density at radius 2 is 1.88 bits per heavy atom. The fourth-order valence-corrected chi connectivity index (χ4v) is 2.51. The van der Waals surface area contributed by atoms with Crippen molar-refractivity contribution in [1.29, 1.82) is 0 Å². The molecule has 5 nitrogen and oxygen atoms in total. The van der Waals surface area contributed by atoms with Crippen LogP contribution in [0.25, 0.3) is 0 Å². The van der Waals surface area contributed by atoms with Crippen LogP contribution >= 0.6 is 0 Å². The molecular weight excluding hydrogens is 302 g/mol. The summed E-state index contributed by atoms with van der Waals surface area (Å²) in [6, 6.07) is 17.1. The number of aliphatic hydroxyl groups is 1. The lowest BCUT2D eigenvalue weighted by atomic mass is 10.1. The zero-order valence-corrected chi connectivity index (χ0v) is 13.4. The average molecular weight is 321 g/mol. The van der Waals surface area contributed by atoms with E-state index in [0.29, 0.717) is 23.4 Å². The molecule has 2 N–H and O–H groups in total. The monoisotopic (exact) mass is 321 g/mol. The van der Waals surface area contributed by atoms with Gasteiger partial charge in [0.05, 0.1) is 24.4 Å². The second kappa shape index (κ2) is 7.10. The van der Waals surface area contributed by atoms with Crippen LogP contribution < -0.4 is 5.32 Å². The van der Waals surface area contributed by atoms with Crippen LogP contribution in [-0.4, -0.2) is 20.8 Å². The first-order chi connectivity index (χ1) is 11.6. The Bertz CT molecular complexity index is 825. The fraction of sp³-hybridized carbons (Fsp3) is 0.158. The molecule has 3 aromatic rings. The lowest BCUT2D eigenvalue weighted by Crippen LogP contribution is -2.13. The molecule has 0 saturated carbocycles. The van der Waals surface area contributed by atoms with Crippen molar-refractivity contribution in [2.75, 3.05) is 5.32 Å². The zero-order chi connectivity index (χ0) is 16.9. The van der Waals surface area contributed by atoms with Gasteiger partial charge in [0.2, 0.25) is 0 Å². The van der Waals surface area contributed by atoms with Gasteiger partial charge in [-0.05, 0) is 18.6 Å². The highest BCUT2D eigenvalue weighted by Gasteiger charge is 2.13. The van der Waals surface area contributed by atoms with Crippen molar-refractivity contribution in [1.82, 2.24) is 9.78 Å². The Kier molecular flexibility index (Phi) is 4.72. The van der Waals surface area contributed by atoms with Crippen molar-refractivity contribution in [3.63, 3.8) is 0 Å². The van der Waals surface area contributed by atoms with E-state index in [9.17, 15) is 9.90 Å². The van der Waals surface area contributed by atoms with E-state index < -0.39 is 6.10 Å². The third-order valence-electron chi connectivity index (χ3n) is 3.74. The molecule has 3 rings (SSSR count). The molecule has 1 aromatic heterocycles. The number of aromatic nitrogens is 2. The number of hydrogen-bond acceptors (Lipinski definition) is 3. The maximum atomic E-state index is 12.4. The van der Waals surface area contributed by atoms with Gasteiger partial charge in [0.15, 0.2) is 0 Å². The molecule has 1 amide bonds. The molecule has 0 aliphatic rings. The zero-order valence-electron chi connectivity index (χ0n) is 13.4. The summed E-state index contributed by atoms with van der Waals surface area (Å²) >= 11 is 0. The predicted octanol–water partition coefficient (Wildman–Crippen LogP) is 3.24. The van der Waals surface area contributed by atoms with Crippen molar-refractivity contribution in [2.24, 2.45) is 0 Å². The highest BCUT2D eigenvalue weighted by molar-refractivity contribution is 6.04. The second-order valence-electron chi connectivity index (χ2n) is 5.63. The van der Waals surface area contributed by atoms with Crippen LogP contribution in [0.2, 0.25) is 0 Å². The molecule has 0 radical (unpaired) electrons. The van der Waals surface area contributed by atoms with E-state index >= 15 is 0 Å². The predicted molar refractivity (Wildman–Crippen MR) is 92.8 cm³/mol. The highest BCUT2D eigenvalue weighted by atomic mass is 16.3. The molecule has 0 aliphatic heterocycles. The standard InChI is InChI=1S/C19H19N3O2/c1-14(23)17-9-5-6-10-18(17)21-19(24)16-11-20-22(13-16)12-15-7-3-2-4-8-15/h2-11,13-14,23H,12H2,1H3,(H,21,24)/t14-/m0/s1. The highest BCUT2D eigenvalue weighted by Crippen LogP contribution is 2.22. The van der Waals surface area contributed by atoms with Crippen LogP contribution in [0.15, 0.2) is 67.0 Å². The Morgan fingerprint density at radius 1 is 1.17 bits per heavy atom. The molecule has 2 aromatic carbocycles. The first-order valence-electron chi connectivity index (χ1n) is 7.78. The van der Waals surface area contributed by atoms with Gasteiger partial charge in [0.25, 0.3) is 5.91 Å². The van der Waals surface area contributed by atoms with Crippen LogP contribution in [0, 0.1) is 0 Å². The number of hydrogen-bond donors (Lipinski definition) is 2. The second-order valence-corrected chi connectivity index (χ2v) is 5.63. The van der Waals surface area contributed by atoms with Crippen LogP contribution in [0.3, 0.4) is 0 Å². The van der Waals surface area contributed by atoms with E-state index in [-0.39, 0.29) is 5.91 Å². The van der Waals surface area contributed by atoms with Crippen molar-refractivity contribution in [2.45, 2.75) is 19.6 Å². The summed E-state index contributed by atoms with van der Waals surface area (Å²) in [6.45, 7) is 2.28.